The van der Waals surface area contributed by atoms with Crippen molar-refractivity contribution < 1.29 is 13.2 Å². The van der Waals surface area contributed by atoms with Gasteiger partial charge in [0.1, 0.15) is 0 Å². The first-order valence-electron chi connectivity index (χ1n) is 5.59. The van der Waals surface area contributed by atoms with E-state index >= 15 is 0 Å². The maximum atomic E-state index is 12.9. The number of thiophene rings is 1. The molecule has 0 amide bonds. The molecule has 1 unspecified atom stereocenters. The molecule has 0 aliphatic heterocycles. The van der Waals surface area contributed by atoms with Gasteiger partial charge in [0.25, 0.3) is 0 Å². The molecule has 0 fully saturated rings. The Balaban J connectivity index is 2.43. The highest BCUT2D eigenvalue weighted by molar-refractivity contribution is 7.08. The Hall–Kier alpha value is -1.37. The summed E-state index contributed by atoms with van der Waals surface area (Å²) in [6.07, 6.45) is -4.37. The van der Waals surface area contributed by atoms with E-state index in [1.807, 2.05) is 19.1 Å². The number of benzene rings is 1. The smallest absolute Gasteiger partial charge is 0.271 e. The Morgan fingerprint density at radius 1 is 1.16 bits per heavy atom. The summed E-state index contributed by atoms with van der Waals surface area (Å²) in [5, 5.41) is 2.58. The van der Waals surface area contributed by atoms with Crippen LogP contribution in [0.2, 0.25) is 0 Å². The van der Waals surface area contributed by atoms with Gasteiger partial charge in [0.15, 0.2) is 0 Å². The van der Waals surface area contributed by atoms with Crippen molar-refractivity contribution in [3.63, 3.8) is 0 Å². The molecule has 0 aliphatic carbocycles. The van der Waals surface area contributed by atoms with Gasteiger partial charge in [0.05, 0.1) is 11.6 Å². The van der Waals surface area contributed by atoms with Crippen molar-refractivity contribution in [1.82, 2.24) is 5.43 Å². The van der Waals surface area contributed by atoms with Crippen molar-refractivity contribution in [2.45, 2.75) is 19.1 Å². The second kappa shape index (κ2) is 5.32. The molecule has 1 aromatic carbocycles. The number of nitrogens with two attached hydrogens (primary N) is 1. The van der Waals surface area contributed by atoms with Crippen molar-refractivity contribution in [3.05, 3.63) is 57.3 Å². The average Bonchev–Trinajstić information content (AvgIpc) is 2.81. The molecular formula is C13H13F3N2S. The van der Waals surface area contributed by atoms with Gasteiger partial charge >= 0.3 is 6.18 Å². The van der Waals surface area contributed by atoms with Gasteiger partial charge in [0.2, 0.25) is 0 Å². The van der Waals surface area contributed by atoms with Crippen molar-refractivity contribution in [1.29, 1.82) is 0 Å². The van der Waals surface area contributed by atoms with Crippen molar-refractivity contribution >= 4 is 11.3 Å². The number of aryl methyl sites for hydroxylation is 1. The molecule has 6 heteroatoms. The number of alkyl halides is 3. The van der Waals surface area contributed by atoms with E-state index in [4.69, 9.17) is 5.84 Å². The van der Waals surface area contributed by atoms with Gasteiger partial charge in [-0.15, -0.1) is 0 Å². The first kappa shape index (κ1) is 14.0. The van der Waals surface area contributed by atoms with E-state index in [2.05, 4.69) is 5.43 Å². The SMILES string of the molecule is Cc1ccc(C(NN)c2cscc2C(F)(F)F)cc1. The summed E-state index contributed by atoms with van der Waals surface area (Å²) in [6, 6.07) is 6.58. The summed E-state index contributed by atoms with van der Waals surface area (Å²) in [6.45, 7) is 1.92. The largest absolute Gasteiger partial charge is 0.417 e. The Kier molecular flexibility index (Phi) is 3.93. The minimum atomic E-state index is -4.37. The predicted octanol–water partition coefficient (Wildman–Crippen LogP) is 3.63. The first-order valence-corrected chi connectivity index (χ1v) is 6.53. The molecule has 2 nitrogen and oxygen atoms in total. The van der Waals surface area contributed by atoms with Gasteiger partial charge in [0, 0.05) is 5.38 Å². The predicted molar refractivity (Wildman–Crippen MR) is 69.7 cm³/mol. The van der Waals surface area contributed by atoms with Gasteiger partial charge in [-0.2, -0.15) is 24.5 Å². The molecule has 1 atom stereocenters. The minimum absolute atomic E-state index is 0.156. The average molecular weight is 286 g/mol. The summed E-state index contributed by atoms with van der Waals surface area (Å²) >= 11 is 1.02. The molecule has 1 aromatic heterocycles. The molecule has 0 spiro atoms. The van der Waals surface area contributed by atoms with Crippen LogP contribution in [0.5, 0.6) is 0 Å². The lowest BCUT2D eigenvalue weighted by Gasteiger charge is -2.18. The quantitative estimate of drug-likeness (QED) is 0.668. The molecule has 19 heavy (non-hydrogen) atoms. The highest BCUT2D eigenvalue weighted by Crippen LogP contribution is 2.38. The van der Waals surface area contributed by atoms with E-state index in [0.717, 1.165) is 22.3 Å². The topological polar surface area (TPSA) is 38.0 Å². The summed E-state index contributed by atoms with van der Waals surface area (Å²) in [7, 11) is 0. The monoisotopic (exact) mass is 286 g/mol. The lowest BCUT2D eigenvalue weighted by Crippen LogP contribution is -2.30. The summed E-state index contributed by atoms with van der Waals surface area (Å²) < 4.78 is 38.7. The molecule has 1 heterocycles. The lowest BCUT2D eigenvalue weighted by molar-refractivity contribution is -0.138. The van der Waals surface area contributed by atoms with Gasteiger partial charge in [-0.05, 0) is 23.4 Å². The second-order valence-electron chi connectivity index (χ2n) is 4.25. The van der Waals surface area contributed by atoms with Crippen LogP contribution in [0.1, 0.15) is 28.3 Å². The molecular weight excluding hydrogens is 273 g/mol. The zero-order chi connectivity index (χ0) is 14.0. The third-order valence-corrected chi connectivity index (χ3v) is 3.65. The van der Waals surface area contributed by atoms with E-state index in [9.17, 15) is 13.2 Å². The van der Waals surface area contributed by atoms with E-state index in [0.29, 0.717) is 5.56 Å². The number of hydrogen-bond acceptors (Lipinski definition) is 3. The Morgan fingerprint density at radius 3 is 2.32 bits per heavy atom. The van der Waals surface area contributed by atoms with Crippen LogP contribution in [-0.4, -0.2) is 0 Å². The van der Waals surface area contributed by atoms with Crippen LogP contribution in [0.15, 0.2) is 35.0 Å². The van der Waals surface area contributed by atoms with Gasteiger partial charge in [-0.3, -0.25) is 5.84 Å². The standard InChI is InChI=1S/C13H13F3N2S/c1-8-2-4-9(5-3-8)12(18-17)10-6-19-7-11(10)13(14,15)16/h2-7,12,18H,17H2,1H3. The normalized spacial score (nSPS) is 13.5. The van der Waals surface area contributed by atoms with Crippen LogP contribution in [0.4, 0.5) is 13.2 Å². The summed E-state index contributed by atoms with van der Waals surface area (Å²) in [5.41, 5.74) is 3.73. The highest BCUT2D eigenvalue weighted by atomic mass is 32.1. The fourth-order valence-corrected chi connectivity index (χ4v) is 2.77. The Morgan fingerprint density at radius 2 is 1.79 bits per heavy atom. The van der Waals surface area contributed by atoms with Crippen LogP contribution in [0.3, 0.4) is 0 Å². The van der Waals surface area contributed by atoms with E-state index in [1.54, 1.807) is 12.1 Å². The zero-order valence-electron chi connectivity index (χ0n) is 10.2. The van der Waals surface area contributed by atoms with Gasteiger partial charge < -0.3 is 0 Å². The molecule has 3 N–H and O–H groups in total. The Labute approximate surface area is 113 Å². The maximum absolute atomic E-state index is 12.9. The van der Waals surface area contributed by atoms with E-state index < -0.39 is 17.8 Å². The number of hydrogen-bond donors (Lipinski definition) is 2. The van der Waals surface area contributed by atoms with Crippen LogP contribution in [-0.2, 0) is 6.18 Å². The highest BCUT2D eigenvalue weighted by Gasteiger charge is 2.36. The number of hydrazine groups is 1. The summed E-state index contributed by atoms with van der Waals surface area (Å²) in [5.74, 6) is 5.43. The molecule has 2 aromatic rings. The lowest BCUT2D eigenvalue weighted by atomic mass is 9.97. The molecule has 0 bridgehead atoms. The molecule has 0 aliphatic rings. The van der Waals surface area contributed by atoms with Crippen LogP contribution >= 0.6 is 11.3 Å². The number of rotatable bonds is 3. The van der Waals surface area contributed by atoms with Crippen LogP contribution in [0.25, 0.3) is 0 Å². The van der Waals surface area contributed by atoms with Crippen LogP contribution < -0.4 is 11.3 Å². The van der Waals surface area contributed by atoms with Crippen molar-refractivity contribution in [2.24, 2.45) is 5.84 Å². The van der Waals surface area contributed by atoms with Crippen molar-refractivity contribution in [2.75, 3.05) is 0 Å². The number of halogens is 3. The van der Waals surface area contributed by atoms with Crippen LogP contribution in [0, 0.1) is 6.92 Å². The van der Waals surface area contributed by atoms with Gasteiger partial charge in [-0.1, -0.05) is 29.8 Å². The molecule has 0 radical (unpaired) electrons. The molecule has 2 rings (SSSR count). The fraction of sp³-hybridized carbons (Fsp3) is 0.231. The van der Waals surface area contributed by atoms with E-state index in [-0.39, 0.29) is 5.56 Å². The fourth-order valence-electron chi connectivity index (χ4n) is 1.89. The Bertz CT molecular complexity index is 546. The molecule has 0 saturated carbocycles. The zero-order valence-corrected chi connectivity index (χ0v) is 11.0. The third kappa shape index (κ3) is 2.97. The number of nitrogens with one attached hydrogen (secondary N) is 1. The maximum Gasteiger partial charge on any atom is 0.417 e. The van der Waals surface area contributed by atoms with Crippen molar-refractivity contribution in [3.8, 4) is 0 Å². The molecule has 102 valence electrons. The van der Waals surface area contributed by atoms with Gasteiger partial charge in [-0.25, -0.2) is 5.43 Å². The minimum Gasteiger partial charge on any atom is -0.271 e. The first-order chi connectivity index (χ1) is 8.93. The van der Waals surface area contributed by atoms with E-state index in [1.165, 1.54) is 5.38 Å². The summed E-state index contributed by atoms with van der Waals surface area (Å²) in [4.78, 5) is 0. The second-order valence-corrected chi connectivity index (χ2v) is 4.99. The third-order valence-electron chi connectivity index (χ3n) is 2.89. The molecule has 0 saturated heterocycles.